The average Bonchev–Trinajstić information content (AvgIpc) is 1.88. The van der Waals surface area contributed by atoms with Gasteiger partial charge in [0.15, 0.2) is 0 Å². The Kier molecular flexibility index (Phi) is 6.56. The van der Waals surface area contributed by atoms with Crippen molar-refractivity contribution in [2.45, 2.75) is 39.9 Å². The number of nitrogens with zero attached hydrogens (tertiary/aromatic N) is 1. The van der Waals surface area contributed by atoms with Gasteiger partial charge in [0, 0.05) is 36.0 Å². The van der Waals surface area contributed by atoms with Crippen molar-refractivity contribution in [2.24, 2.45) is 0 Å². The van der Waals surface area contributed by atoms with E-state index in [1.165, 1.54) is 0 Å². The third kappa shape index (κ3) is 4.98. The summed E-state index contributed by atoms with van der Waals surface area (Å²) < 4.78 is 7.78. The van der Waals surface area contributed by atoms with E-state index >= 15 is 0 Å². The first kappa shape index (κ1) is 11.6. The fourth-order valence-electron chi connectivity index (χ4n) is 1.12. The zero-order chi connectivity index (χ0) is 8.85. The van der Waals surface area contributed by atoms with Crippen LogP contribution in [0.3, 0.4) is 0 Å². The summed E-state index contributed by atoms with van der Waals surface area (Å²) in [6.45, 7) is 10.3. The van der Waals surface area contributed by atoms with Crippen molar-refractivity contribution < 1.29 is 4.74 Å². The van der Waals surface area contributed by atoms with E-state index in [1.807, 2.05) is 13.8 Å². The molecular formula is C8H18INO. The fourth-order valence-corrected chi connectivity index (χ4v) is 2.22. The topological polar surface area (TPSA) is 12.5 Å². The lowest BCUT2D eigenvalue weighted by Gasteiger charge is -2.30. The summed E-state index contributed by atoms with van der Waals surface area (Å²) in [5, 5.41) is 0. The molecule has 0 spiro atoms. The first-order valence-corrected chi connectivity index (χ1v) is 5.21. The monoisotopic (exact) mass is 271 g/mol. The summed E-state index contributed by atoms with van der Waals surface area (Å²) in [6.07, 6.45) is 0.816. The summed E-state index contributed by atoms with van der Waals surface area (Å²) in [5.41, 5.74) is 0. The van der Waals surface area contributed by atoms with Crippen molar-refractivity contribution in [3.63, 3.8) is 0 Å². The van der Waals surface area contributed by atoms with E-state index in [4.69, 9.17) is 4.74 Å². The Morgan fingerprint density at radius 2 is 1.55 bits per heavy atom. The molecule has 0 aliphatic carbocycles. The van der Waals surface area contributed by atoms with Crippen molar-refractivity contribution in [2.75, 3.05) is 13.1 Å². The van der Waals surface area contributed by atoms with E-state index in [1.54, 1.807) is 0 Å². The largest absolute Gasteiger partial charge is 0.373 e. The Balaban J connectivity index is 0.000000461. The minimum absolute atomic E-state index is 0.408. The van der Waals surface area contributed by atoms with Gasteiger partial charge in [0.1, 0.15) is 0 Å². The lowest BCUT2D eigenvalue weighted by Crippen LogP contribution is -2.40. The maximum Gasteiger partial charge on any atom is 0.0686 e. The van der Waals surface area contributed by atoms with Crippen molar-refractivity contribution in [3.05, 3.63) is 0 Å². The summed E-state index contributed by atoms with van der Waals surface area (Å²) in [5.74, 6) is 0. The molecular weight excluding hydrogens is 253 g/mol. The fraction of sp³-hybridized carbons (Fsp3) is 1.00. The number of rotatable bonds is 0. The molecule has 0 aromatic carbocycles. The first-order valence-electron chi connectivity index (χ1n) is 4.24. The van der Waals surface area contributed by atoms with Gasteiger partial charge in [-0.1, -0.05) is 13.8 Å². The number of hydrogen-bond acceptors (Lipinski definition) is 2. The van der Waals surface area contributed by atoms with Gasteiger partial charge in [0.05, 0.1) is 12.2 Å². The highest BCUT2D eigenvalue weighted by molar-refractivity contribution is 14.1. The van der Waals surface area contributed by atoms with Gasteiger partial charge in [-0.25, -0.2) is 3.11 Å². The van der Waals surface area contributed by atoms with Crippen LogP contribution in [-0.2, 0) is 4.74 Å². The Morgan fingerprint density at radius 3 is 1.82 bits per heavy atom. The molecule has 0 bridgehead atoms. The van der Waals surface area contributed by atoms with Gasteiger partial charge >= 0.3 is 0 Å². The Morgan fingerprint density at radius 1 is 1.18 bits per heavy atom. The molecule has 0 saturated carbocycles. The van der Waals surface area contributed by atoms with Gasteiger partial charge in [0.2, 0.25) is 0 Å². The van der Waals surface area contributed by atoms with Crippen molar-refractivity contribution in [1.29, 1.82) is 0 Å². The third-order valence-corrected chi connectivity index (χ3v) is 2.16. The zero-order valence-corrected chi connectivity index (χ0v) is 9.96. The second-order valence-corrected chi connectivity index (χ2v) is 3.95. The molecule has 2 nitrogen and oxygen atoms in total. The van der Waals surface area contributed by atoms with Crippen LogP contribution in [0.2, 0.25) is 0 Å². The van der Waals surface area contributed by atoms with Crippen molar-refractivity contribution in [1.82, 2.24) is 3.11 Å². The Labute approximate surface area is 83.8 Å². The number of halogens is 1. The predicted octanol–water partition coefficient (Wildman–Crippen LogP) is 2.47. The molecule has 11 heavy (non-hydrogen) atoms. The molecule has 1 rings (SSSR count). The van der Waals surface area contributed by atoms with E-state index in [2.05, 4.69) is 39.8 Å². The van der Waals surface area contributed by atoms with Crippen LogP contribution in [0.25, 0.3) is 0 Å². The molecule has 1 heterocycles. The molecule has 68 valence electrons. The molecule has 1 aliphatic rings. The van der Waals surface area contributed by atoms with Crippen LogP contribution >= 0.6 is 22.9 Å². The first-order chi connectivity index (χ1) is 5.18. The van der Waals surface area contributed by atoms with Crippen LogP contribution in [0.5, 0.6) is 0 Å². The molecule has 3 heteroatoms. The van der Waals surface area contributed by atoms with Gasteiger partial charge in [-0.05, 0) is 13.8 Å². The minimum Gasteiger partial charge on any atom is -0.373 e. The standard InChI is InChI=1S/C6H12INO.C2H6/c1-5-3-8(7)4-6(2)9-5;1-2/h5-6H,3-4H2,1-2H3;1-2H3. The van der Waals surface area contributed by atoms with Gasteiger partial charge in [-0.3, -0.25) is 0 Å². The van der Waals surface area contributed by atoms with E-state index in [9.17, 15) is 0 Å². The number of morpholine rings is 1. The molecule has 0 N–H and O–H groups in total. The van der Waals surface area contributed by atoms with Crippen molar-refractivity contribution in [3.8, 4) is 0 Å². The molecule has 0 aromatic heterocycles. The molecule has 0 aromatic rings. The Bertz CT molecular complexity index is 75.1. The van der Waals surface area contributed by atoms with Crippen LogP contribution in [0.4, 0.5) is 0 Å². The minimum atomic E-state index is 0.408. The van der Waals surface area contributed by atoms with E-state index < -0.39 is 0 Å². The van der Waals surface area contributed by atoms with Crippen LogP contribution in [0.1, 0.15) is 27.7 Å². The van der Waals surface area contributed by atoms with E-state index in [0.29, 0.717) is 12.2 Å². The summed E-state index contributed by atoms with van der Waals surface area (Å²) in [6, 6.07) is 0. The summed E-state index contributed by atoms with van der Waals surface area (Å²) >= 11 is 2.34. The van der Waals surface area contributed by atoms with Crippen LogP contribution < -0.4 is 0 Å². The van der Waals surface area contributed by atoms with E-state index in [-0.39, 0.29) is 0 Å². The van der Waals surface area contributed by atoms with Gasteiger partial charge in [0.25, 0.3) is 0 Å². The molecule has 2 atom stereocenters. The normalized spacial score (nSPS) is 32.5. The van der Waals surface area contributed by atoms with E-state index in [0.717, 1.165) is 13.1 Å². The highest BCUT2D eigenvalue weighted by Gasteiger charge is 2.19. The quantitative estimate of drug-likeness (QED) is 0.495. The highest BCUT2D eigenvalue weighted by Crippen LogP contribution is 2.13. The lowest BCUT2D eigenvalue weighted by atomic mass is 10.3. The second-order valence-electron chi connectivity index (χ2n) is 2.59. The smallest absolute Gasteiger partial charge is 0.0686 e. The lowest BCUT2D eigenvalue weighted by molar-refractivity contribution is -0.0367. The van der Waals surface area contributed by atoms with Crippen molar-refractivity contribution >= 4 is 22.9 Å². The van der Waals surface area contributed by atoms with Crippen LogP contribution in [0, 0.1) is 0 Å². The molecule has 2 unspecified atom stereocenters. The van der Waals surface area contributed by atoms with Gasteiger partial charge < -0.3 is 4.74 Å². The molecule has 1 aliphatic heterocycles. The van der Waals surface area contributed by atoms with Gasteiger partial charge in [-0.15, -0.1) is 0 Å². The maximum atomic E-state index is 5.51. The average molecular weight is 271 g/mol. The highest BCUT2D eigenvalue weighted by atomic mass is 127. The second kappa shape index (κ2) is 6.20. The summed E-state index contributed by atoms with van der Waals surface area (Å²) in [4.78, 5) is 0. The maximum absolute atomic E-state index is 5.51. The SMILES string of the molecule is CC.CC1CN(I)CC(C)O1. The molecule has 1 fully saturated rings. The third-order valence-electron chi connectivity index (χ3n) is 1.38. The number of hydrogen-bond donors (Lipinski definition) is 0. The van der Waals surface area contributed by atoms with Crippen LogP contribution in [-0.4, -0.2) is 28.4 Å². The predicted molar refractivity (Wildman–Crippen MR) is 57.0 cm³/mol. The molecule has 1 saturated heterocycles. The summed E-state index contributed by atoms with van der Waals surface area (Å²) in [7, 11) is 0. The van der Waals surface area contributed by atoms with Crippen LogP contribution in [0.15, 0.2) is 0 Å². The number of ether oxygens (including phenoxy) is 1. The Hall–Kier alpha value is 0.650. The van der Waals surface area contributed by atoms with Gasteiger partial charge in [-0.2, -0.15) is 0 Å². The molecule has 0 radical (unpaired) electrons. The molecule has 0 amide bonds. The zero-order valence-electron chi connectivity index (χ0n) is 7.80.